The van der Waals surface area contributed by atoms with E-state index in [-0.39, 0.29) is 30.4 Å². The van der Waals surface area contributed by atoms with Crippen LogP contribution in [0.25, 0.3) is 0 Å². The van der Waals surface area contributed by atoms with E-state index in [0.717, 1.165) is 0 Å². The summed E-state index contributed by atoms with van der Waals surface area (Å²) in [5, 5.41) is 0. The molecule has 1 aromatic rings. The number of halogens is 1. The maximum atomic E-state index is 13.2. The maximum Gasteiger partial charge on any atom is 0.254 e. The van der Waals surface area contributed by atoms with Gasteiger partial charge in [-0.25, -0.2) is 4.39 Å². The Bertz CT molecular complexity index is 603. The Morgan fingerprint density at radius 3 is 2.43 bits per heavy atom. The topological polar surface area (TPSA) is 57.7 Å². The summed E-state index contributed by atoms with van der Waals surface area (Å²) in [6.45, 7) is 3.43. The third kappa shape index (κ3) is 4.87. The Labute approximate surface area is 135 Å². The van der Waals surface area contributed by atoms with Gasteiger partial charge in [0, 0.05) is 44.6 Å². The van der Waals surface area contributed by atoms with Crippen LogP contribution in [0.1, 0.15) is 36.5 Å². The Morgan fingerprint density at radius 1 is 1.04 bits per heavy atom. The van der Waals surface area contributed by atoms with Crippen molar-refractivity contribution in [3.63, 3.8) is 0 Å². The van der Waals surface area contributed by atoms with Gasteiger partial charge in [-0.15, -0.1) is 0 Å². The zero-order valence-electron chi connectivity index (χ0n) is 13.3. The molecular weight excluding hydrogens is 299 g/mol. The number of hydrogen-bond donors (Lipinski definition) is 0. The minimum absolute atomic E-state index is 0.00363. The Hall–Kier alpha value is -2.24. The van der Waals surface area contributed by atoms with Gasteiger partial charge in [0.05, 0.1) is 0 Å². The zero-order valence-corrected chi connectivity index (χ0v) is 13.3. The SMILES string of the molecule is CC(=O)CCC(=O)N1CCCN(C(=O)c2cccc(F)c2)CC1. The number of rotatable bonds is 4. The van der Waals surface area contributed by atoms with Crippen LogP contribution in [0, 0.1) is 5.82 Å². The second-order valence-corrected chi connectivity index (χ2v) is 5.74. The highest BCUT2D eigenvalue weighted by molar-refractivity contribution is 5.94. The fraction of sp³-hybridized carbons (Fsp3) is 0.471. The second kappa shape index (κ2) is 7.85. The van der Waals surface area contributed by atoms with Crippen LogP contribution in [-0.4, -0.2) is 53.6 Å². The summed E-state index contributed by atoms with van der Waals surface area (Å²) < 4.78 is 13.2. The van der Waals surface area contributed by atoms with Crippen LogP contribution in [0.3, 0.4) is 0 Å². The molecule has 0 spiro atoms. The summed E-state index contributed by atoms with van der Waals surface area (Å²) in [7, 11) is 0. The van der Waals surface area contributed by atoms with E-state index in [2.05, 4.69) is 0 Å². The molecule has 6 heteroatoms. The molecule has 0 unspecified atom stereocenters. The van der Waals surface area contributed by atoms with Crippen LogP contribution in [-0.2, 0) is 9.59 Å². The monoisotopic (exact) mass is 320 g/mol. The zero-order chi connectivity index (χ0) is 16.8. The Morgan fingerprint density at radius 2 is 1.74 bits per heavy atom. The van der Waals surface area contributed by atoms with E-state index in [4.69, 9.17) is 0 Å². The summed E-state index contributed by atoms with van der Waals surface area (Å²) in [5.41, 5.74) is 0.321. The molecule has 1 aliphatic rings. The van der Waals surface area contributed by atoms with Gasteiger partial charge >= 0.3 is 0 Å². The predicted octanol–water partition coefficient (Wildman–Crippen LogP) is 1.87. The molecule has 1 aliphatic heterocycles. The molecule has 0 radical (unpaired) electrons. The number of benzene rings is 1. The van der Waals surface area contributed by atoms with Gasteiger partial charge in [0.15, 0.2) is 0 Å². The van der Waals surface area contributed by atoms with Gasteiger partial charge in [0.1, 0.15) is 11.6 Å². The number of ketones is 1. The van der Waals surface area contributed by atoms with Crippen molar-refractivity contribution < 1.29 is 18.8 Å². The minimum atomic E-state index is -0.438. The average molecular weight is 320 g/mol. The number of carbonyl (C=O) groups excluding carboxylic acids is 3. The van der Waals surface area contributed by atoms with Crippen molar-refractivity contribution in [1.82, 2.24) is 9.80 Å². The van der Waals surface area contributed by atoms with E-state index >= 15 is 0 Å². The van der Waals surface area contributed by atoms with Crippen molar-refractivity contribution in [2.75, 3.05) is 26.2 Å². The summed E-state index contributed by atoms with van der Waals surface area (Å²) in [5.74, 6) is -0.717. The predicted molar refractivity (Wildman–Crippen MR) is 83.4 cm³/mol. The standard InChI is InChI=1S/C17H21FN2O3/c1-13(21)6-7-16(22)19-8-3-9-20(11-10-19)17(23)14-4-2-5-15(18)12-14/h2,4-5,12H,3,6-11H2,1H3. The lowest BCUT2D eigenvalue weighted by Crippen LogP contribution is -2.37. The number of amides is 2. The summed E-state index contributed by atoms with van der Waals surface area (Å²) in [4.78, 5) is 38.8. The first kappa shape index (κ1) is 17.1. The van der Waals surface area contributed by atoms with E-state index in [1.165, 1.54) is 25.1 Å². The van der Waals surface area contributed by atoms with Crippen molar-refractivity contribution in [3.05, 3.63) is 35.6 Å². The van der Waals surface area contributed by atoms with Crippen LogP contribution in [0.15, 0.2) is 24.3 Å². The normalized spacial score (nSPS) is 15.2. The van der Waals surface area contributed by atoms with Crippen LogP contribution in [0.4, 0.5) is 4.39 Å². The van der Waals surface area contributed by atoms with Gasteiger partial charge in [0.2, 0.25) is 5.91 Å². The van der Waals surface area contributed by atoms with E-state index < -0.39 is 5.82 Å². The molecule has 1 fully saturated rings. The molecule has 1 aromatic carbocycles. The van der Waals surface area contributed by atoms with Gasteiger partial charge in [-0.3, -0.25) is 9.59 Å². The molecule has 23 heavy (non-hydrogen) atoms. The quantitative estimate of drug-likeness (QED) is 0.851. The maximum absolute atomic E-state index is 13.2. The highest BCUT2D eigenvalue weighted by atomic mass is 19.1. The smallest absolute Gasteiger partial charge is 0.254 e. The fourth-order valence-corrected chi connectivity index (χ4v) is 2.62. The van der Waals surface area contributed by atoms with Crippen molar-refractivity contribution in [3.8, 4) is 0 Å². The lowest BCUT2D eigenvalue weighted by Gasteiger charge is -2.22. The minimum Gasteiger partial charge on any atom is -0.341 e. The lowest BCUT2D eigenvalue weighted by atomic mass is 10.2. The molecule has 0 aliphatic carbocycles. The molecule has 124 valence electrons. The third-order valence-corrected chi connectivity index (χ3v) is 3.90. The molecule has 0 saturated carbocycles. The average Bonchev–Trinajstić information content (AvgIpc) is 2.78. The van der Waals surface area contributed by atoms with Crippen molar-refractivity contribution in [2.45, 2.75) is 26.2 Å². The molecule has 1 heterocycles. The summed E-state index contributed by atoms with van der Waals surface area (Å²) in [6, 6.07) is 5.63. The van der Waals surface area contributed by atoms with Crippen LogP contribution in [0.2, 0.25) is 0 Å². The van der Waals surface area contributed by atoms with E-state index in [1.54, 1.807) is 15.9 Å². The molecule has 1 saturated heterocycles. The van der Waals surface area contributed by atoms with Gasteiger partial charge in [0.25, 0.3) is 5.91 Å². The van der Waals surface area contributed by atoms with Crippen LogP contribution >= 0.6 is 0 Å². The highest BCUT2D eigenvalue weighted by Crippen LogP contribution is 2.12. The Balaban J connectivity index is 1.94. The summed E-state index contributed by atoms with van der Waals surface area (Å²) >= 11 is 0. The Kier molecular flexibility index (Phi) is 5.84. The number of Topliss-reactive ketones (excluding diaryl/α,β-unsaturated/α-hetero) is 1. The molecule has 2 rings (SSSR count). The van der Waals surface area contributed by atoms with E-state index in [0.29, 0.717) is 38.2 Å². The third-order valence-electron chi connectivity index (χ3n) is 3.90. The van der Waals surface area contributed by atoms with E-state index in [9.17, 15) is 18.8 Å². The fourth-order valence-electron chi connectivity index (χ4n) is 2.62. The first-order valence-corrected chi connectivity index (χ1v) is 7.79. The van der Waals surface area contributed by atoms with Crippen LogP contribution < -0.4 is 0 Å². The number of carbonyl (C=O) groups is 3. The molecule has 0 atom stereocenters. The molecule has 2 amide bonds. The molecule has 0 aromatic heterocycles. The van der Waals surface area contributed by atoms with Crippen LogP contribution in [0.5, 0.6) is 0 Å². The molecule has 5 nitrogen and oxygen atoms in total. The van der Waals surface area contributed by atoms with Gasteiger partial charge in [-0.2, -0.15) is 0 Å². The number of hydrogen-bond acceptors (Lipinski definition) is 3. The molecule has 0 bridgehead atoms. The molecule has 0 N–H and O–H groups in total. The van der Waals surface area contributed by atoms with Gasteiger partial charge < -0.3 is 14.6 Å². The second-order valence-electron chi connectivity index (χ2n) is 5.74. The van der Waals surface area contributed by atoms with Crippen molar-refractivity contribution >= 4 is 17.6 Å². The highest BCUT2D eigenvalue weighted by Gasteiger charge is 2.23. The van der Waals surface area contributed by atoms with Crippen molar-refractivity contribution in [1.29, 1.82) is 0 Å². The summed E-state index contributed by atoms with van der Waals surface area (Å²) in [6.07, 6.45) is 1.14. The van der Waals surface area contributed by atoms with Gasteiger partial charge in [-0.1, -0.05) is 6.07 Å². The largest absolute Gasteiger partial charge is 0.341 e. The first-order chi connectivity index (χ1) is 11.0. The van der Waals surface area contributed by atoms with E-state index in [1.807, 2.05) is 0 Å². The van der Waals surface area contributed by atoms with Gasteiger partial charge in [-0.05, 0) is 31.5 Å². The number of nitrogens with zero attached hydrogens (tertiary/aromatic N) is 2. The lowest BCUT2D eigenvalue weighted by molar-refractivity contribution is -0.132. The first-order valence-electron chi connectivity index (χ1n) is 7.79. The van der Waals surface area contributed by atoms with Crippen molar-refractivity contribution in [2.24, 2.45) is 0 Å². The molecular formula is C17H21FN2O3.